The van der Waals surface area contributed by atoms with Crippen molar-refractivity contribution in [3.05, 3.63) is 29.8 Å². The van der Waals surface area contributed by atoms with Crippen LogP contribution in [0.1, 0.15) is 16.8 Å². The van der Waals surface area contributed by atoms with E-state index < -0.39 is 30.8 Å². The average molecular weight is 333 g/mol. The van der Waals surface area contributed by atoms with Gasteiger partial charge >= 0.3 is 0 Å². The Morgan fingerprint density at radius 1 is 1.29 bits per heavy atom. The van der Waals surface area contributed by atoms with Crippen LogP contribution in [-0.4, -0.2) is 46.6 Å². The first-order valence-corrected chi connectivity index (χ1v) is 9.51. The number of sulfone groups is 2. The highest BCUT2D eigenvalue weighted by Gasteiger charge is 2.37. The number of amides is 1. The van der Waals surface area contributed by atoms with Crippen molar-refractivity contribution in [3.8, 4) is 0 Å². The Balaban J connectivity index is 2.24. The monoisotopic (exact) mass is 333 g/mol. The molecule has 1 unspecified atom stereocenters. The summed E-state index contributed by atoms with van der Waals surface area (Å²) in [6, 6.07) is 5.30. The van der Waals surface area contributed by atoms with E-state index in [1.165, 1.54) is 31.4 Å². The van der Waals surface area contributed by atoms with Gasteiger partial charge in [0.25, 0.3) is 5.91 Å². The highest BCUT2D eigenvalue weighted by Crippen LogP contribution is 2.25. The van der Waals surface area contributed by atoms with Crippen LogP contribution in [0.3, 0.4) is 0 Å². The molecule has 116 valence electrons. The van der Waals surface area contributed by atoms with Crippen LogP contribution in [-0.2, 0) is 24.5 Å². The Kier molecular flexibility index (Phi) is 4.35. The zero-order chi connectivity index (χ0) is 15.7. The smallest absolute Gasteiger partial charge is 0.274 e. The summed E-state index contributed by atoms with van der Waals surface area (Å²) in [5.74, 6) is -0.947. The van der Waals surface area contributed by atoms with Gasteiger partial charge in [0.2, 0.25) is 0 Å². The SMILES string of the molecule is CONC(=O)c1ccc(S(=O)(=O)C2CCS(=O)(=O)C2)cc1. The summed E-state index contributed by atoms with van der Waals surface area (Å²) in [6.07, 6.45) is 0.108. The topological polar surface area (TPSA) is 107 Å². The highest BCUT2D eigenvalue weighted by atomic mass is 32.2. The third-order valence-corrected chi connectivity index (χ3v) is 7.46. The molecule has 0 aliphatic carbocycles. The van der Waals surface area contributed by atoms with Gasteiger partial charge in [-0.15, -0.1) is 0 Å². The van der Waals surface area contributed by atoms with E-state index in [2.05, 4.69) is 10.3 Å². The summed E-state index contributed by atoms with van der Waals surface area (Å²) < 4.78 is 47.5. The molecular weight excluding hydrogens is 318 g/mol. The molecule has 1 atom stereocenters. The lowest BCUT2D eigenvalue weighted by molar-refractivity contribution is 0.0537. The van der Waals surface area contributed by atoms with Crippen molar-refractivity contribution in [2.24, 2.45) is 0 Å². The fourth-order valence-corrected chi connectivity index (χ4v) is 6.51. The fraction of sp³-hybridized carbons (Fsp3) is 0.417. The number of hydrogen-bond acceptors (Lipinski definition) is 6. The molecule has 1 aliphatic rings. The Hall–Kier alpha value is -1.45. The van der Waals surface area contributed by atoms with Crippen LogP contribution in [0.15, 0.2) is 29.2 Å². The molecule has 1 aromatic carbocycles. The molecule has 1 aromatic rings. The molecule has 0 radical (unpaired) electrons. The maximum Gasteiger partial charge on any atom is 0.274 e. The van der Waals surface area contributed by atoms with Crippen LogP contribution in [0.4, 0.5) is 0 Å². The second kappa shape index (κ2) is 5.74. The number of carbonyl (C=O) groups is 1. The minimum Gasteiger partial charge on any atom is -0.277 e. The molecule has 0 aromatic heterocycles. The quantitative estimate of drug-likeness (QED) is 0.774. The molecule has 0 spiro atoms. The van der Waals surface area contributed by atoms with Crippen LogP contribution in [0, 0.1) is 0 Å². The molecule has 0 bridgehead atoms. The molecule has 1 saturated heterocycles. The molecule has 1 fully saturated rings. The van der Waals surface area contributed by atoms with Crippen LogP contribution >= 0.6 is 0 Å². The molecule has 7 nitrogen and oxygen atoms in total. The lowest BCUT2D eigenvalue weighted by Crippen LogP contribution is -2.24. The molecule has 2 rings (SSSR count). The van der Waals surface area contributed by atoms with Gasteiger partial charge in [-0.3, -0.25) is 9.63 Å². The first-order chi connectivity index (χ1) is 9.76. The van der Waals surface area contributed by atoms with Crippen LogP contribution < -0.4 is 5.48 Å². The zero-order valence-electron chi connectivity index (χ0n) is 11.3. The molecule has 1 aliphatic heterocycles. The Morgan fingerprint density at radius 3 is 2.38 bits per heavy atom. The van der Waals surface area contributed by atoms with Crippen molar-refractivity contribution in [3.63, 3.8) is 0 Å². The third kappa shape index (κ3) is 3.42. The number of nitrogens with one attached hydrogen (secondary N) is 1. The maximum atomic E-state index is 12.3. The second-order valence-corrected chi connectivity index (χ2v) is 9.19. The summed E-state index contributed by atoms with van der Waals surface area (Å²) >= 11 is 0. The number of hydrogen-bond donors (Lipinski definition) is 1. The Morgan fingerprint density at radius 2 is 1.90 bits per heavy atom. The third-order valence-electron chi connectivity index (χ3n) is 3.27. The van der Waals surface area contributed by atoms with Gasteiger partial charge < -0.3 is 0 Å². The van der Waals surface area contributed by atoms with E-state index >= 15 is 0 Å². The van der Waals surface area contributed by atoms with Gasteiger partial charge in [0, 0.05) is 5.56 Å². The molecule has 9 heteroatoms. The molecule has 0 saturated carbocycles. The Labute approximate surface area is 123 Å². The number of benzene rings is 1. The van der Waals surface area contributed by atoms with Gasteiger partial charge in [0.15, 0.2) is 19.7 Å². The Bertz CT molecular complexity index is 736. The zero-order valence-corrected chi connectivity index (χ0v) is 12.9. The summed E-state index contributed by atoms with van der Waals surface area (Å²) in [7, 11) is -5.69. The van der Waals surface area contributed by atoms with Crippen LogP contribution in [0.5, 0.6) is 0 Å². The van der Waals surface area contributed by atoms with E-state index in [4.69, 9.17) is 0 Å². The summed E-state index contributed by atoms with van der Waals surface area (Å²) in [5, 5.41) is -0.916. The van der Waals surface area contributed by atoms with E-state index in [0.29, 0.717) is 0 Å². The molecule has 1 amide bonds. The molecule has 1 N–H and O–H groups in total. The first-order valence-electron chi connectivity index (χ1n) is 6.14. The number of rotatable bonds is 4. The maximum absolute atomic E-state index is 12.3. The van der Waals surface area contributed by atoms with E-state index in [1.54, 1.807) is 0 Å². The van der Waals surface area contributed by atoms with Crippen molar-refractivity contribution < 1.29 is 26.5 Å². The largest absolute Gasteiger partial charge is 0.277 e. The van der Waals surface area contributed by atoms with Crippen molar-refractivity contribution in [2.75, 3.05) is 18.6 Å². The molecular formula is C12H15NO6S2. The van der Waals surface area contributed by atoms with Gasteiger partial charge in [-0.05, 0) is 30.7 Å². The van der Waals surface area contributed by atoms with Gasteiger partial charge in [-0.2, -0.15) is 0 Å². The fourth-order valence-electron chi connectivity index (χ4n) is 2.15. The minimum absolute atomic E-state index is 0.0126. The molecule has 21 heavy (non-hydrogen) atoms. The minimum atomic E-state index is -3.71. The van der Waals surface area contributed by atoms with Crippen molar-refractivity contribution >= 4 is 25.6 Å². The normalized spacial score (nSPS) is 21.1. The van der Waals surface area contributed by atoms with Crippen LogP contribution in [0.25, 0.3) is 0 Å². The van der Waals surface area contributed by atoms with Crippen molar-refractivity contribution in [1.29, 1.82) is 0 Å². The van der Waals surface area contributed by atoms with Crippen LogP contribution in [0.2, 0.25) is 0 Å². The summed E-state index contributed by atoms with van der Waals surface area (Å²) in [5.41, 5.74) is 2.36. The van der Waals surface area contributed by atoms with E-state index in [0.717, 1.165) is 0 Å². The lowest BCUT2D eigenvalue weighted by Gasteiger charge is -2.10. The van der Waals surface area contributed by atoms with E-state index in [1.807, 2.05) is 0 Å². The van der Waals surface area contributed by atoms with Gasteiger partial charge in [0.05, 0.1) is 28.8 Å². The van der Waals surface area contributed by atoms with Gasteiger partial charge in [0.1, 0.15) is 0 Å². The van der Waals surface area contributed by atoms with Crippen molar-refractivity contribution in [1.82, 2.24) is 5.48 Å². The predicted octanol–water partition coefficient (Wildman–Crippen LogP) is -0.0614. The highest BCUT2D eigenvalue weighted by molar-refractivity contribution is 7.96. The first kappa shape index (κ1) is 15.9. The van der Waals surface area contributed by atoms with Gasteiger partial charge in [-0.1, -0.05) is 0 Å². The number of hydroxylamine groups is 1. The summed E-state index contributed by atoms with van der Waals surface area (Å²) in [4.78, 5) is 16.0. The second-order valence-electron chi connectivity index (χ2n) is 4.73. The lowest BCUT2D eigenvalue weighted by atomic mass is 10.2. The predicted molar refractivity (Wildman–Crippen MR) is 75.2 cm³/mol. The van der Waals surface area contributed by atoms with E-state index in [9.17, 15) is 21.6 Å². The van der Waals surface area contributed by atoms with Crippen molar-refractivity contribution in [2.45, 2.75) is 16.6 Å². The number of carbonyl (C=O) groups excluding carboxylic acids is 1. The average Bonchev–Trinajstić information content (AvgIpc) is 2.80. The molecule has 1 heterocycles. The van der Waals surface area contributed by atoms with E-state index in [-0.39, 0.29) is 28.4 Å². The summed E-state index contributed by atoms with van der Waals surface area (Å²) in [6.45, 7) is 0. The van der Waals surface area contributed by atoms with Gasteiger partial charge in [-0.25, -0.2) is 22.3 Å². The standard InChI is InChI=1S/C12H15NO6S2/c1-19-13-12(14)9-2-4-10(5-3-9)21(17,18)11-6-7-20(15,16)8-11/h2-5,11H,6-8H2,1H3,(H,13,14).